The smallest absolute Gasteiger partial charge is 0.133 e. The third kappa shape index (κ3) is 3.91. The molecule has 4 nitrogen and oxygen atoms in total. The summed E-state index contributed by atoms with van der Waals surface area (Å²) in [7, 11) is 0. The first-order valence-corrected chi connectivity index (χ1v) is 6.29. The number of anilines is 2. The molecule has 5 heteroatoms. The SMILES string of the molecule is CCCc1nc(N)cc(NCc2cccc(F)c2)n1. The number of halogens is 1. The van der Waals surface area contributed by atoms with Crippen molar-refractivity contribution < 1.29 is 4.39 Å². The van der Waals surface area contributed by atoms with Crippen molar-refractivity contribution in [1.82, 2.24) is 9.97 Å². The topological polar surface area (TPSA) is 63.8 Å². The van der Waals surface area contributed by atoms with Crippen molar-refractivity contribution in [2.24, 2.45) is 0 Å². The molecule has 0 aliphatic heterocycles. The lowest BCUT2D eigenvalue weighted by molar-refractivity contribution is 0.626. The van der Waals surface area contributed by atoms with Crippen LogP contribution in [0.1, 0.15) is 24.7 Å². The highest BCUT2D eigenvalue weighted by atomic mass is 19.1. The number of rotatable bonds is 5. The van der Waals surface area contributed by atoms with Crippen LogP contribution in [0.2, 0.25) is 0 Å². The lowest BCUT2D eigenvalue weighted by atomic mass is 10.2. The molecule has 1 aromatic heterocycles. The summed E-state index contributed by atoms with van der Waals surface area (Å²) in [6, 6.07) is 8.13. The number of nitrogen functional groups attached to an aromatic ring is 1. The van der Waals surface area contributed by atoms with Gasteiger partial charge in [0.2, 0.25) is 0 Å². The molecule has 19 heavy (non-hydrogen) atoms. The van der Waals surface area contributed by atoms with Crippen LogP contribution in [0, 0.1) is 5.82 Å². The number of hydrogen-bond donors (Lipinski definition) is 2. The van der Waals surface area contributed by atoms with E-state index in [0.29, 0.717) is 18.2 Å². The van der Waals surface area contributed by atoms with Gasteiger partial charge in [-0.05, 0) is 24.1 Å². The maximum atomic E-state index is 13.0. The molecule has 1 heterocycles. The molecule has 0 radical (unpaired) electrons. The summed E-state index contributed by atoms with van der Waals surface area (Å²) in [4.78, 5) is 8.52. The van der Waals surface area contributed by atoms with Crippen molar-refractivity contribution in [2.45, 2.75) is 26.3 Å². The van der Waals surface area contributed by atoms with Crippen LogP contribution >= 0.6 is 0 Å². The van der Waals surface area contributed by atoms with E-state index in [9.17, 15) is 4.39 Å². The molecule has 0 saturated carbocycles. The maximum absolute atomic E-state index is 13.0. The van der Waals surface area contributed by atoms with Gasteiger partial charge in [0.05, 0.1) is 0 Å². The predicted octanol–water partition coefficient (Wildman–Crippen LogP) is 2.76. The second-order valence-corrected chi connectivity index (χ2v) is 4.33. The molecule has 0 aliphatic carbocycles. The summed E-state index contributed by atoms with van der Waals surface area (Å²) in [5, 5.41) is 3.13. The Morgan fingerprint density at radius 3 is 2.84 bits per heavy atom. The van der Waals surface area contributed by atoms with Crippen LogP contribution in [0.15, 0.2) is 30.3 Å². The Balaban J connectivity index is 2.06. The van der Waals surface area contributed by atoms with Gasteiger partial charge in [0, 0.05) is 19.0 Å². The zero-order chi connectivity index (χ0) is 13.7. The van der Waals surface area contributed by atoms with Crippen molar-refractivity contribution in [3.8, 4) is 0 Å². The van der Waals surface area contributed by atoms with Crippen LogP contribution < -0.4 is 11.1 Å². The number of aromatic nitrogens is 2. The fourth-order valence-electron chi connectivity index (χ4n) is 1.78. The molecule has 2 rings (SSSR count). The Kier molecular flexibility index (Phi) is 4.28. The molecule has 2 aromatic rings. The molecule has 0 aliphatic rings. The Morgan fingerprint density at radius 2 is 2.11 bits per heavy atom. The second kappa shape index (κ2) is 6.13. The van der Waals surface area contributed by atoms with Crippen LogP contribution in [0.3, 0.4) is 0 Å². The highest BCUT2D eigenvalue weighted by molar-refractivity contribution is 5.45. The lowest BCUT2D eigenvalue weighted by Crippen LogP contribution is -2.06. The van der Waals surface area contributed by atoms with Crippen molar-refractivity contribution in [3.05, 3.63) is 47.5 Å². The van der Waals surface area contributed by atoms with Crippen molar-refractivity contribution in [2.75, 3.05) is 11.1 Å². The van der Waals surface area contributed by atoms with Crippen LogP contribution in [-0.4, -0.2) is 9.97 Å². The average Bonchev–Trinajstić information content (AvgIpc) is 2.36. The van der Waals surface area contributed by atoms with Gasteiger partial charge in [-0.2, -0.15) is 0 Å². The Bertz CT molecular complexity index is 557. The molecular weight excluding hydrogens is 243 g/mol. The van der Waals surface area contributed by atoms with Gasteiger partial charge < -0.3 is 11.1 Å². The molecule has 0 spiro atoms. The third-order valence-corrected chi connectivity index (χ3v) is 2.63. The number of nitrogens with two attached hydrogens (primary N) is 1. The number of aryl methyl sites for hydroxylation is 1. The highest BCUT2D eigenvalue weighted by Gasteiger charge is 2.02. The fraction of sp³-hybridized carbons (Fsp3) is 0.286. The third-order valence-electron chi connectivity index (χ3n) is 2.63. The minimum atomic E-state index is -0.242. The molecule has 0 unspecified atom stereocenters. The minimum absolute atomic E-state index is 0.242. The summed E-state index contributed by atoms with van der Waals surface area (Å²) in [5.74, 6) is 1.60. The summed E-state index contributed by atoms with van der Waals surface area (Å²) < 4.78 is 13.0. The molecule has 0 fully saturated rings. The molecule has 0 saturated heterocycles. The molecular formula is C14H17FN4. The van der Waals surface area contributed by atoms with E-state index in [4.69, 9.17) is 5.73 Å². The Labute approximate surface area is 111 Å². The predicted molar refractivity (Wildman–Crippen MR) is 74.2 cm³/mol. The molecule has 0 bridgehead atoms. The first-order valence-electron chi connectivity index (χ1n) is 6.29. The molecule has 3 N–H and O–H groups in total. The lowest BCUT2D eigenvalue weighted by Gasteiger charge is -2.08. The second-order valence-electron chi connectivity index (χ2n) is 4.33. The zero-order valence-electron chi connectivity index (χ0n) is 10.9. The summed E-state index contributed by atoms with van der Waals surface area (Å²) in [6.45, 7) is 2.56. The van der Waals surface area contributed by atoms with E-state index in [1.807, 2.05) is 6.07 Å². The number of hydrogen-bond acceptors (Lipinski definition) is 4. The van der Waals surface area contributed by atoms with Gasteiger partial charge in [0.25, 0.3) is 0 Å². The van der Waals surface area contributed by atoms with E-state index in [2.05, 4.69) is 22.2 Å². The average molecular weight is 260 g/mol. The summed E-state index contributed by atoms with van der Waals surface area (Å²) in [5.41, 5.74) is 6.59. The van der Waals surface area contributed by atoms with Gasteiger partial charge in [-0.3, -0.25) is 0 Å². The van der Waals surface area contributed by atoms with E-state index in [0.717, 1.165) is 24.2 Å². The number of nitrogens with zero attached hydrogens (tertiary/aromatic N) is 2. The van der Waals surface area contributed by atoms with E-state index in [1.54, 1.807) is 12.1 Å². The monoisotopic (exact) mass is 260 g/mol. The van der Waals surface area contributed by atoms with E-state index in [1.165, 1.54) is 12.1 Å². The van der Waals surface area contributed by atoms with Gasteiger partial charge in [-0.15, -0.1) is 0 Å². The number of nitrogens with one attached hydrogen (secondary N) is 1. The summed E-state index contributed by atoms with van der Waals surface area (Å²) >= 11 is 0. The molecule has 0 amide bonds. The quantitative estimate of drug-likeness (QED) is 0.867. The molecule has 1 aromatic carbocycles. The number of benzene rings is 1. The van der Waals surface area contributed by atoms with Crippen LogP contribution in [0.4, 0.5) is 16.0 Å². The van der Waals surface area contributed by atoms with Gasteiger partial charge in [-0.25, -0.2) is 14.4 Å². The van der Waals surface area contributed by atoms with Crippen molar-refractivity contribution >= 4 is 11.6 Å². The van der Waals surface area contributed by atoms with Gasteiger partial charge in [-0.1, -0.05) is 19.1 Å². The van der Waals surface area contributed by atoms with E-state index in [-0.39, 0.29) is 5.82 Å². The van der Waals surface area contributed by atoms with Crippen molar-refractivity contribution in [3.63, 3.8) is 0 Å². The van der Waals surface area contributed by atoms with Crippen LogP contribution in [-0.2, 0) is 13.0 Å². The highest BCUT2D eigenvalue weighted by Crippen LogP contribution is 2.12. The maximum Gasteiger partial charge on any atom is 0.133 e. The Hall–Kier alpha value is -2.17. The molecule has 100 valence electrons. The van der Waals surface area contributed by atoms with Crippen LogP contribution in [0.5, 0.6) is 0 Å². The van der Waals surface area contributed by atoms with E-state index >= 15 is 0 Å². The van der Waals surface area contributed by atoms with Gasteiger partial charge >= 0.3 is 0 Å². The fourth-order valence-corrected chi connectivity index (χ4v) is 1.78. The van der Waals surface area contributed by atoms with Gasteiger partial charge in [0.15, 0.2) is 0 Å². The van der Waals surface area contributed by atoms with E-state index < -0.39 is 0 Å². The molecule has 0 atom stereocenters. The zero-order valence-corrected chi connectivity index (χ0v) is 10.9. The van der Waals surface area contributed by atoms with Gasteiger partial charge in [0.1, 0.15) is 23.3 Å². The standard InChI is InChI=1S/C14H17FN4/c1-2-4-13-18-12(16)8-14(19-13)17-9-10-5-3-6-11(15)7-10/h3,5-8H,2,4,9H2,1H3,(H3,16,17,18,19). The largest absolute Gasteiger partial charge is 0.384 e. The van der Waals surface area contributed by atoms with Crippen LogP contribution in [0.25, 0.3) is 0 Å². The normalized spacial score (nSPS) is 10.4. The Morgan fingerprint density at radius 1 is 1.26 bits per heavy atom. The van der Waals surface area contributed by atoms with Crippen molar-refractivity contribution in [1.29, 1.82) is 0 Å². The first kappa shape index (κ1) is 13.3. The summed E-state index contributed by atoms with van der Waals surface area (Å²) in [6.07, 6.45) is 1.76. The minimum Gasteiger partial charge on any atom is -0.384 e. The first-order chi connectivity index (χ1) is 9.17.